The van der Waals surface area contributed by atoms with Gasteiger partial charge >= 0.3 is 11.9 Å². The first-order chi connectivity index (χ1) is 25.1. The van der Waals surface area contributed by atoms with Gasteiger partial charge in [0.25, 0.3) is 5.79 Å². The van der Waals surface area contributed by atoms with E-state index in [0.29, 0.717) is 6.42 Å². The van der Waals surface area contributed by atoms with Crippen LogP contribution in [0, 0.1) is 5.92 Å². The standard InChI is InChI=1S/C46H87NO5.BrH/c1-7-11-13-15-17-19-21-23-25-27-29-31-33-35-37-39-42(49)51-46(10-4,44(41(48)9-3)45(5,6)47)52-43(50)40-38-36-34-32-30-28-26-24-22-20-18-16-14-12-8-2;/h23-26,41,44,48H,7-22,27-40,47H2,1-6H3;1H/b25-23-,26-24-;. The molecule has 0 saturated heterocycles. The third-order valence-corrected chi connectivity index (χ3v) is 10.4. The molecule has 0 aromatic heterocycles. The lowest BCUT2D eigenvalue weighted by Gasteiger charge is -2.46. The summed E-state index contributed by atoms with van der Waals surface area (Å²) in [6, 6.07) is 0. The highest BCUT2D eigenvalue weighted by Crippen LogP contribution is 2.39. The number of carbonyl (C=O) groups excluding carboxylic acids is 2. The van der Waals surface area contributed by atoms with E-state index in [0.717, 1.165) is 64.2 Å². The summed E-state index contributed by atoms with van der Waals surface area (Å²) in [4.78, 5) is 26.5. The van der Waals surface area contributed by atoms with Gasteiger partial charge in [-0.3, -0.25) is 9.59 Å². The van der Waals surface area contributed by atoms with Crippen LogP contribution in [-0.2, 0) is 19.1 Å². The van der Waals surface area contributed by atoms with Crippen LogP contribution in [0.1, 0.15) is 234 Å². The number of esters is 2. The number of carbonyl (C=O) groups is 2. The molecule has 6 nitrogen and oxygen atoms in total. The van der Waals surface area contributed by atoms with Crippen molar-refractivity contribution in [3.05, 3.63) is 24.3 Å². The predicted molar refractivity (Wildman–Crippen MR) is 232 cm³/mol. The molecule has 0 aromatic carbocycles. The number of allylic oxidation sites excluding steroid dienone is 4. The average molecular weight is 815 g/mol. The lowest BCUT2D eigenvalue weighted by molar-refractivity contribution is -0.269. The second-order valence-corrected chi connectivity index (χ2v) is 16.1. The Morgan fingerprint density at radius 2 is 0.849 bits per heavy atom. The predicted octanol–water partition coefficient (Wildman–Crippen LogP) is 14.0. The number of halogens is 1. The first-order valence-electron chi connectivity index (χ1n) is 22.3. The molecular formula is C46H88BrNO5. The number of hydrogen-bond donors (Lipinski definition) is 2. The van der Waals surface area contributed by atoms with Crippen molar-refractivity contribution >= 4 is 28.9 Å². The fraction of sp³-hybridized carbons (Fsp3) is 0.870. The van der Waals surface area contributed by atoms with Gasteiger partial charge in [0, 0.05) is 24.8 Å². The molecule has 3 N–H and O–H groups in total. The highest BCUT2D eigenvalue weighted by Gasteiger charge is 2.53. The fourth-order valence-corrected chi connectivity index (χ4v) is 7.27. The smallest absolute Gasteiger partial charge is 0.309 e. The van der Waals surface area contributed by atoms with Crippen molar-refractivity contribution in [3.8, 4) is 0 Å². The van der Waals surface area contributed by atoms with Gasteiger partial charge in [0.05, 0.1) is 12.0 Å². The van der Waals surface area contributed by atoms with Crippen molar-refractivity contribution in [1.29, 1.82) is 0 Å². The van der Waals surface area contributed by atoms with Crippen LogP contribution < -0.4 is 5.73 Å². The van der Waals surface area contributed by atoms with E-state index in [1.165, 1.54) is 103 Å². The third kappa shape index (κ3) is 29.7. The summed E-state index contributed by atoms with van der Waals surface area (Å²) >= 11 is 0. The van der Waals surface area contributed by atoms with Crippen LogP contribution in [0.5, 0.6) is 0 Å². The van der Waals surface area contributed by atoms with Crippen molar-refractivity contribution in [2.24, 2.45) is 11.7 Å². The lowest BCUT2D eigenvalue weighted by Crippen LogP contribution is -2.61. The number of hydrogen-bond acceptors (Lipinski definition) is 6. The zero-order valence-electron chi connectivity index (χ0n) is 35.7. The zero-order chi connectivity index (χ0) is 38.8. The van der Waals surface area contributed by atoms with Crippen LogP contribution in [0.15, 0.2) is 24.3 Å². The van der Waals surface area contributed by atoms with E-state index in [9.17, 15) is 14.7 Å². The molecule has 0 aliphatic heterocycles. The number of nitrogens with two attached hydrogens (primary N) is 1. The van der Waals surface area contributed by atoms with Gasteiger partial charge in [0.2, 0.25) is 0 Å². The molecule has 0 amide bonds. The van der Waals surface area contributed by atoms with Crippen LogP contribution in [0.3, 0.4) is 0 Å². The highest BCUT2D eigenvalue weighted by molar-refractivity contribution is 8.93. The van der Waals surface area contributed by atoms with Gasteiger partial charge in [0.1, 0.15) is 0 Å². The van der Waals surface area contributed by atoms with Gasteiger partial charge < -0.3 is 20.3 Å². The van der Waals surface area contributed by atoms with Crippen LogP contribution in [0.4, 0.5) is 0 Å². The molecule has 0 bridgehead atoms. The minimum atomic E-state index is -1.61. The van der Waals surface area contributed by atoms with E-state index in [1.54, 1.807) is 13.8 Å². The summed E-state index contributed by atoms with van der Waals surface area (Å²) in [6.45, 7) is 11.8. The van der Waals surface area contributed by atoms with E-state index in [-0.39, 0.29) is 36.2 Å². The Hall–Kier alpha value is -1.18. The van der Waals surface area contributed by atoms with Crippen molar-refractivity contribution < 1.29 is 24.2 Å². The Morgan fingerprint density at radius 3 is 1.13 bits per heavy atom. The number of aliphatic hydroxyl groups excluding tert-OH is 1. The molecule has 314 valence electrons. The second kappa shape index (κ2) is 36.5. The molecule has 0 aliphatic rings. The van der Waals surface area contributed by atoms with Crippen molar-refractivity contribution in [2.45, 2.75) is 252 Å². The first-order valence-corrected chi connectivity index (χ1v) is 22.3. The molecule has 0 fully saturated rings. The molecule has 0 radical (unpaired) electrons. The summed E-state index contributed by atoms with van der Waals surface area (Å²) in [7, 11) is 0. The van der Waals surface area contributed by atoms with Gasteiger partial charge in [-0.1, -0.05) is 155 Å². The Morgan fingerprint density at radius 1 is 0.547 bits per heavy atom. The molecule has 0 spiro atoms. The minimum Gasteiger partial charge on any atom is -0.422 e. The Bertz CT molecular complexity index is 845. The van der Waals surface area contributed by atoms with E-state index in [4.69, 9.17) is 15.2 Å². The number of rotatable bonds is 37. The van der Waals surface area contributed by atoms with Crippen molar-refractivity contribution in [2.75, 3.05) is 0 Å². The summed E-state index contributed by atoms with van der Waals surface area (Å²) < 4.78 is 12.2. The summed E-state index contributed by atoms with van der Waals surface area (Å²) in [5, 5.41) is 11.1. The van der Waals surface area contributed by atoms with E-state index in [1.807, 2.05) is 13.8 Å². The summed E-state index contributed by atoms with van der Waals surface area (Å²) in [6.07, 6.45) is 40.5. The van der Waals surface area contributed by atoms with Crippen molar-refractivity contribution in [3.63, 3.8) is 0 Å². The fourth-order valence-electron chi connectivity index (χ4n) is 7.27. The first kappa shape index (κ1) is 53.9. The molecule has 0 rings (SSSR count). The second-order valence-electron chi connectivity index (χ2n) is 16.1. The van der Waals surface area contributed by atoms with Gasteiger partial charge in [0.15, 0.2) is 0 Å². The number of aliphatic hydroxyl groups is 1. The van der Waals surface area contributed by atoms with E-state index >= 15 is 0 Å². The van der Waals surface area contributed by atoms with Crippen LogP contribution in [-0.4, -0.2) is 34.5 Å². The number of unbranched alkanes of at least 4 members (excludes halogenated alkanes) is 22. The Labute approximate surface area is 339 Å². The summed E-state index contributed by atoms with van der Waals surface area (Å²) in [5.74, 6) is -3.16. The maximum absolute atomic E-state index is 13.2. The summed E-state index contributed by atoms with van der Waals surface area (Å²) in [5.41, 5.74) is 5.64. The Balaban J connectivity index is 0. The quantitative estimate of drug-likeness (QED) is 0.0280. The van der Waals surface area contributed by atoms with Gasteiger partial charge in [-0.25, -0.2) is 0 Å². The molecule has 0 aromatic rings. The highest BCUT2D eigenvalue weighted by atomic mass is 79.9. The molecule has 2 atom stereocenters. The van der Waals surface area contributed by atoms with Crippen LogP contribution in [0.2, 0.25) is 0 Å². The van der Waals surface area contributed by atoms with Crippen molar-refractivity contribution in [1.82, 2.24) is 0 Å². The SMILES string of the molecule is Br.CCCCCCCC/C=C\CCCCCCCC(=O)OC(CC)(OC(=O)CCCCCCC/C=C\CCCCCCCC)C(C(O)CC)C(C)(C)N. The molecule has 7 heteroatoms. The van der Waals surface area contributed by atoms with Gasteiger partial charge in [-0.15, -0.1) is 17.0 Å². The maximum Gasteiger partial charge on any atom is 0.309 e. The van der Waals surface area contributed by atoms with Crippen LogP contribution >= 0.6 is 17.0 Å². The largest absolute Gasteiger partial charge is 0.422 e. The van der Waals surface area contributed by atoms with E-state index < -0.39 is 35.3 Å². The zero-order valence-corrected chi connectivity index (χ0v) is 37.5. The average Bonchev–Trinajstić information content (AvgIpc) is 3.10. The monoisotopic (exact) mass is 814 g/mol. The molecule has 53 heavy (non-hydrogen) atoms. The van der Waals surface area contributed by atoms with Gasteiger partial charge in [-0.05, 0) is 84.5 Å². The number of ether oxygens (including phenoxy) is 2. The van der Waals surface area contributed by atoms with E-state index in [2.05, 4.69) is 38.2 Å². The normalized spacial score (nSPS) is 13.4. The molecular weight excluding hydrogens is 726 g/mol. The topological polar surface area (TPSA) is 98.8 Å². The van der Waals surface area contributed by atoms with Gasteiger partial charge in [-0.2, -0.15) is 0 Å². The molecule has 2 unspecified atom stereocenters. The molecule has 0 heterocycles. The lowest BCUT2D eigenvalue weighted by atomic mass is 9.75. The maximum atomic E-state index is 13.2. The molecule has 0 aliphatic carbocycles. The minimum absolute atomic E-state index is 0. The Kier molecular flexibility index (Phi) is 37.1. The van der Waals surface area contributed by atoms with Crippen LogP contribution in [0.25, 0.3) is 0 Å². The molecule has 0 saturated carbocycles. The third-order valence-electron chi connectivity index (χ3n) is 10.4.